The Morgan fingerprint density at radius 1 is 1.09 bits per heavy atom. The summed E-state index contributed by atoms with van der Waals surface area (Å²) in [5.41, 5.74) is 3.76. The van der Waals surface area contributed by atoms with Gasteiger partial charge in [0.15, 0.2) is 0 Å². The predicted octanol–water partition coefficient (Wildman–Crippen LogP) is 4.09. The molecule has 0 saturated carbocycles. The van der Waals surface area contributed by atoms with Gasteiger partial charge in [0.05, 0.1) is 30.8 Å². The van der Waals surface area contributed by atoms with E-state index in [1.165, 1.54) is 12.1 Å². The molecule has 1 amide bonds. The molecule has 0 spiro atoms. The van der Waals surface area contributed by atoms with Gasteiger partial charge in [-0.15, -0.1) is 0 Å². The van der Waals surface area contributed by atoms with Crippen molar-refractivity contribution < 1.29 is 18.7 Å². The fourth-order valence-corrected chi connectivity index (χ4v) is 4.61. The molecule has 1 atom stereocenters. The van der Waals surface area contributed by atoms with Crippen LogP contribution in [0.4, 0.5) is 4.39 Å². The van der Waals surface area contributed by atoms with E-state index in [4.69, 9.17) is 9.84 Å². The molecule has 7 heteroatoms. The maximum Gasteiger partial charge on any atom is 0.309 e. The van der Waals surface area contributed by atoms with Gasteiger partial charge in [-0.2, -0.15) is 5.10 Å². The van der Waals surface area contributed by atoms with Gasteiger partial charge in [-0.25, -0.2) is 9.40 Å². The summed E-state index contributed by atoms with van der Waals surface area (Å²) in [5, 5.41) is 6.29. The second-order valence-corrected chi connectivity index (χ2v) is 8.67. The lowest BCUT2D eigenvalue weighted by Gasteiger charge is -2.32. The second-order valence-electron chi connectivity index (χ2n) is 8.67. The summed E-state index contributed by atoms with van der Waals surface area (Å²) in [6.07, 6.45) is 1.96. The number of hydrogen-bond donors (Lipinski definition) is 0. The highest BCUT2D eigenvalue weighted by molar-refractivity contribution is 6.03. The van der Waals surface area contributed by atoms with Gasteiger partial charge < -0.3 is 4.74 Å². The van der Waals surface area contributed by atoms with Gasteiger partial charge in [0, 0.05) is 6.42 Å². The molecular formula is C26H30FN3O3. The number of piperidine rings is 1. The minimum atomic E-state index is -0.299. The number of hydrogen-bond acceptors (Lipinski definition) is 5. The lowest BCUT2D eigenvalue weighted by Crippen LogP contribution is -2.43. The molecule has 1 fully saturated rings. The van der Waals surface area contributed by atoms with E-state index < -0.39 is 0 Å². The van der Waals surface area contributed by atoms with Gasteiger partial charge in [-0.1, -0.05) is 36.4 Å². The average molecular weight is 452 g/mol. The summed E-state index contributed by atoms with van der Waals surface area (Å²) >= 11 is 0. The van der Waals surface area contributed by atoms with Crippen LogP contribution in [0, 0.1) is 18.7 Å². The Labute approximate surface area is 194 Å². The van der Waals surface area contributed by atoms with Crippen molar-refractivity contribution in [3.8, 4) is 0 Å². The van der Waals surface area contributed by atoms with Crippen molar-refractivity contribution in [3.05, 3.63) is 71.0 Å². The summed E-state index contributed by atoms with van der Waals surface area (Å²) in [5.74, 6) is -0.607. The van der Waals surface area contributed by atoms with E-state index in [9.17, 15) is 14.0 Å². The van der Waals surface area contributed by atoms with Crippen LogP contribution < -0.4 is 0 Å². The van der Waals surface area contributed by atoms with Crippen molar-refractivity contribution in [1.82, 2.24) is 9.91 Å². The lowest BCUT2D eigenvalue weighted by molar-refractivity contribution is -0.149. The molecule has 174 valence electrons. The molecule has 0 aromatic heterocycles. The number of benzene rings is 2. The minimum Gasteiger partial charge on any atom is -0.466 e. The molecule has 0 bridgehead atoms. The number of hydrazone groups is 1. The highest BCUT2D eigenvalue weighted by atomic mass is 19.1. The SMILES string of the molecule is CCOC(=O)C1CCN(CC(=O)N2N=C(c3ccc(F)cc3)C[C@@H]2c2ccccc2C)CC1. The molecule has 0 radical (unpaired) electrons. The first-order chi connectivity index (χ1) is 16.0. The number of nitrogens with zero attached hydrogens (tertiary/aromatic N) is 3. The van der Waals surface area contributed by atoms with Gasteiger partial charge in [0.2, 0.25) is 0 Å². The van der Waals surface area contributed by atoms with Crippen LogP contribution in [0.5, 0.6) is 0 Å². The molecule has 2 aromatic carbocycles. The topological polar surface area (TPSA) is 62.2 Å². The lowest BCUT2D eigenvalue weighted by atomic mass is 9.95. The number of carbonyl (C=O) groups excluding carboxylic acids is 2. The van der Waals surface area contributed by atoms with Gasteiger partial charge in [-0.3, -0.25) is 14.5 Å². The van der Waals surface area contributed by atoms with Gasteiger partial charge >= 0.3 is 5.97 Å². The predicted molar refractivity (Wildman–Crippen MR) is 124 cm³/mol. The van der Waals surface area contributed by atoms with Crippen molar-refractivity contribution >= 4 is 17.6 Å². The molecule has 2 aromatic rings. The van der Waals surface area contributed by atoms with Crippen LogP contribution in [0.3, 0.4) is 0 Å². The fourth-order valence-electron chi connectivity index (χ4n) is 4.61. The average Bonchev–Trinajstić information content (AvgIpc) is 3.26. The Morgan fingerprint density at radius 3 is 2.45 bits per heavy atom. The van der Waals surface area contributed by atoms with Crippen LogP contribution in [0.25, 0.3) is 0 Å². The van der Waals surface area contributed by atoms with Crippen LogP contribution in [0.1, 0.15) is 48.9 Å². The first kappa shape index (κ1) is 23.1. The maximum absolute atomic E-state index is 13.4. The zero-order valence-corrected chi connectivity index (χ0v) is 19.2. The third-order valence-corrected chi connectivity index (χ3v) is 6.46. The second kappa shape index (κ2) is 10.3. The summed E-state index contributed by atoms with van der Waals surface area (Å²) in [7, 11) is 0. The fraction of sp³-hybridized carbons (Fsp3) is 0.423. The Bertz CT molecular complexity index is 1030. The number of amides is 1. The Kier molecular flexibility index (Phi) is 7.18. The Balaban J connectivity index is 1.49. The number of carbonyl (C=O) groups is 2. The first-order valence-electron chi connectivity index (χ1n) is 11.6. The quantitative estimate of drug-likeness (QED) is 0.621. The maximum atomic E-state index is 13.4. The zero-order valence-electron chi connectivity index (χ0n) is 19.2. The summed E-state index contributed by atoms with van der Waals surface area (Å²) in [6, 6.07) is 14.1. The van der Waals surface area contributed by atoms with Gasteiger partial charge in [0.1, 0.15) is 5.82 Å². The molecular weight excluding hydrogens is 421 g/mol. The van der Waals surface area contributed by atoms with E-state index in [1.807, 2.05) is 38.1 Å². The molecule has 1 saturated heterocycles. The van der Waals surface area contributed by atoms with Crippen LogP contribution >= 0.6 is 0 Å². The van der Waals surface area contributed by atoms with Crippen LogP contribution in [0.2, 0.25) is 0 Å². The van der Waals surface area contributed by atoms with E-state index in [0.29, 0.717) is 39.0 Å². The summed E-state index contributed by atoms with van der Waals surface area (Å²) in [4.78, 5) is 27.5. The number of halogens is 1. The third-order valence-electron chi connectivity index (χ3n) is 6.46. The van der Waals surface area contributed by atoms with E-state index in [2.05, 4.69) is 4.90 Å². The van der Waals surface area contributed by atoms with Crippen LogP contribution in [0.15, 0.2) is 53.6 Å². The van der Waals surface area contributed by atoms with E-state index in [-0.39, 0.29) is 36.2 Å². The summed E-state index contributed by atoms with van der Waals surface area (Å²) in [6.45, 7) is 5.83. The molecule has 2 aliphatic rings. The number of rotatable bonds is 6. The largest absolute Gasteiger partial charge is 0.466 e. The van der Waals surface area contributed by atoms with Crippen molar-refractivity contribution in [2.24, 2.45) is 11.0 Å². The van der Waals surface area contributed by atoms with Crippen molar-refractivity contribution in [2.75, 3.05) is 26.2 Å². The minimum absolute atomic E-state index is 0.0741. The van der Waals surface area contributed by atoms with Crippen LogP contribution in [-0.2, 0) is 14.3 Å². The first-order valence-corrected chi connectivity index (χ1v) is 11.6. The number of aryl methyl sites for hydroxylation is 1. The number of esters is 1. The highest BCUT2D eigenvalue weighted by Crippen LogP contribution is 2.34. The van der Waals surface area contributed by atoms with Crippen molar-refractivity contribution in [2.45, 2.75) is 39.2 Å². The van der Waals surface area contributed by atoms with E-state index >= 15 is 0 Å². The molecule has 0 N–H and O–H groups in total. The molecule has 2 aliphatic heterocycles. The van der Waals surface area contributed by atoms with E-state index in [0.717, 1.165) is 22.4 Å². The summed E-state index contributed by atoms with van der Waals surface area (Å²) < 4.78 is 18.6. The van der Waals surface area contributed by atoms with Gasteiger partial charge in [0.25, 0.3) is 5.91 Å². The van der Waals surface area contributed by atoms with Crippen molar-refractivity contribution in [1.29, 1.82) is 0 Å². The third kappa shape index (κ3) is 5.30. The monoisotopic (exact) mass is 451 g/mol. The zero-order chi connectivity index (χ0) is 23.4. The Hall–Kier alpha value is -3.06. The normalized spacial score (nSPS) is 19.4. The smallest absolute Gasteiger partial charge is 0.309 e. The van der Waals surface area contributed by atoms with Crippen LogP contribution in [-0.4, -0.2) is 53.7 Å². The molecule has 0 unspecified atom stereocenters. The van der Waals surface area contributed by atoms with Crippen molar-refractivity contribution in [3.63, 3.8) is 0 Å². The molecule has 0 aliphatic carbocycles. The molecule has 2 heterocycles. The van der Waals surface area contributed by atoms with Gasteiger partial charge in [-0.05, 0) is 68.6 Å². The number of likely N-dealkylation sites (tertiary alicyclic amines) is 1. The Morgan fingerprint density at radius 2 is 1.79 bits per heavy atom. The standard InChI is InChI=1S/C26H30FN3O3/c1-3-33-26(32)20-12-14-29(15-13-20)17-25(31)30-24(22-7-5-4-6-18(22)2)16-23(28-30)19-8-10-21(27)11-9-19/h4-11,20,24H,3,12-17H2,1-2H3/t24-/m1/s1. The number of ether oxygens (including phenoxy) is 1. The molecule has 4 rings (SSSR count). The molecule has 6 nitrogen and oxygen atoms in total. The highest BCUT2D eigenvalue weighted by Gasteiger charge is 2.35. The molecule has 33 heavy (non-hydrogen) atoms. The van der Waals surface area contributed by atoms with E-state index in [1.54, 1.807) is 17.1 Å².